The molecule has 3 aromatic heterocycles. The van der Waals surface area contributed by atoms with E-state index in [2.05, 4.69) is 125 Å². The van der Waals surface area contributed by atoms with Crippen LogP contribution in [0, 0.1) is 0 Å². The number of ether oxygens (including phenoxy) is 1. The van der Waals surface area contributed by atoms with Crippen molar-refractivity contribution in [3.8, 4) is 38.9 Å². The van der Waals surface area contributed by atoms with Gasteiger partial charge in [0, 0.05) is 39.5 Å². The topological polar surface area (TPSA) is 43.2 Å². The van der Waals surface area contributed by atoms with Crippen molar-refractivity contribution in [2.24, 2.45) is 0 Å². The smallest absolute Gasteiger partial charge is 0.170 e. The van der Waals surface area contributed by atoms with Crippen molar-refractivity contribution in [3.63, 3.8) is 0 Å². The van der Waals surface area contributed by atoms with Gasteiger partial charge in [0.2, 0.25) is 0 Å². The Balaban J connectivity index is 0.963. The summed E-state index contributed by atoms with van der Waals surface area (Å²) in [6.07, 6.45) is 1.93. The van der Waals surface area contributed by atoms with Gasteiger partial charge in [0.25, 0.3) is 0 Å². The van der Waals surface area contributed by atoms with Gasteiger partial charge >= 0.3 is 0 Å². The Morgan fingerprint density at radius 1 is 0.521 bits per heavy atom. The van der Waals surface area contributed by atoms with Crippen LogP contribution in [0.2, 0.25) is 0 Å². The fourth-order valence-corrected chi connectivity index (χ4v) is 7.81. The molecule has 0 saturated heterocycles. The maximum absolute atomic E-state index is 6.19. The highest BCUT2D eigenvalue weighted by Crippen LogP contribution is 2.50. The van der Waals surface area contributed by atoms with E-state index in [4.69, 9.17) is 14.7 Å². The van der Waals surface area contributed by atoms with Crippen molar-refractivity contribution >= 4 is 60.6 Å². The molecule has 0 unspecified atom stereocenters. The van der Waals surface area contributed by atoms with E-state index in [0.29, 0.717) is 0 Å². The van der Waals surface area contributed by atoms with Gasteiger partial charge in [-0.3, -0.25) is 0 Å². The van der Waals surface area contributed by atoms with Crippen molar-refractivity contribution in [1.82, 2.24) is 14.5 Å². The molecular weight excluding hydrogens is 609 g/mol. The van der Waals surface area contributed by atoms with Crippen LogP contribution in [0.3, 0.4) is 0 Å². The van der Waals surface area contributed by atoms with Gasteiger partial charge < -0.3 is 14.2 Å². The molecule has 0 amide bonds. The van der Waals surface area contributed by atoms with Crippen molar-refractivity contribution in [1.29, 1.82) is 0 Å². The molecule has 0 aliphatic carbocycles. The summed E-state index contributed by atoms with van der Waals surface area (Å²) in [6, 6.07) is 53.0. The highest BCUT2D eigenvalue weighted by atomic mass is 32.1. The van der Waals surface area contributed by atoms with Gasteiger partial charge in [0.1, 0.15) is 5.01 Å². The molecule has 0 N–H and O–H groups in total. The molecule has 10 rings (SSSR count). The Labute approximate surface area is 280 Å². The first-order valence-electron chi connectivity index (χ1n) is 15.9. The maximum atomic E-state index is 6.19. The molecule has 0 radical (unpaired) electrons. The molecule has 9 aromatic rings. The van der Waals surface area contributed by atoms with Gasteiger partial charge in [-0.05, 0) is 84.4 Å². The second-order valence-electron chi connectivity index (χ2n) is 11.9. The van der Waals surface area contributed by atoms with Crippen LogP contribution in [-0.4, -0.2) is 14.5 Å². The lowest BCUT2D eigenvalue weighted by atomic mass is 10.1. The summed E-state index contributed by atoms with van der Waals surface area (Å²) in [5, 5.41) is 3.48. The minimum Gasteiger partial charge on any atom is -0.453 e. The zero-order valence-electron chi connectivity index (χ0n) is 25.6. The molecule has 226 valence electrons. The molecule has 48 heavy (non-hydrogen) atoms. The van der Waals surface area contributed by atoms with E-state index in [-0.39, 0.29) is 0 Å². The molecule has 0 fully saturated rings. The molecular formula is C42H26N4OS. The van der Waals surface area contributed by atoms with E-state index in [1.165, 1.54) is 21.8 Å². The Morgan fingerprint density at radius 2 is 1.08 bits per heavy atom. The number of hydrogen-bond acceptors (Lipinski definition) is 5. The summed E-state index contributed by atoms with van der Waals surface area (Å²) in [5.74, 6) is 1.68. The van der Waals surface area contributed by atoms with Crippen LogP contribution < -0.4 is 9.64 Å². The number of hydrogen-bond donors (Lipinski definition) is 0. The van der Waals surface area contributed by atoms with Crippen LogP contribution in [0.5, 0.6) is 11.5 Å². The largest absolute Gasteiger partial charge is 0.453 e. The van der Waals surface area contributed by atoms with Gasteiger partial charge in [-0.1, -0.05) is 72.8 Å². The first-order chi connectivity index (χ1) is 23.8. The predicted molar refractivity (Wildman–Crippen MR) is 197 cm³/mol. The monoisotopic (exact) mass is 634 g/mol. The molecule has 0 spiro atoms. The fraction of sp³-hybridized carbons (Fsp3) is 0. The fourth-order valence-electron chi connectivity index (χ4n) is 6.84. The van der Waals surface area contributed by atoms with Crippen LogP contribution in [0.4, 0.5) is 17.1 Å². The first-order valence-corrected chi connectivity index (χ1v) is 16.7. The summed E-state index contributed by atoms with van der Waals surface area (Å²) < 4.78 is 9.60. The SMILES string of the molecule is c1ccc2c(c1)Oc1ccccc1N2c1ccc(-c2nc3ncc(-c4ccc(-n5c6ccccc6c6ccccc65)cc4)cc3s2)cc1. The molecule has 0 saturated carbocycles. The lowest BCUT2D eigenvalue weighted by molar-refractivity contribution is 0.477. The summed E-state index contributed by atoms with van der Waals surface area (Å²) in [6.45, 7) is 0. The first kappa shape index (κ1) is 26.9. The maximum Gasteiger partial charge on any atom is 0.170 e. The second kappa shape index (κ2) is 10.7. The van der Waals surface area contributed by atoms with Gasteiger partial charge in [0.05, 0.1) is 27.1 Å². The number of thiazole rings is 1. The van der Waals surface area contributed by atoms with Crippen LogP contribution >= 0.6 is 11.3 Å². The van der Waals surface area contributed by atoms with Crippen molar-refractivity contribution < 1.29 is 4.74 Å². The van der Waals surface area contributed by atoms with Crippen LogP contribution in [0.25, 0.3) is 59.5 Å². The summed E-state index contributed by atoms with van der Waals surface area (Å²) in [5.41, 5.74) is 10.7. The Kier molecular flexibility index (Phi) is 5.98. The lowest BCUT2D eigenvalue weighted by Gasteiger charge is -2.32. The van der Waals surface area contributed by atoms with E-state index in [1.54, 1.807) is 11.3 Å². The van der Waals surface area contributed by atoms with E-state index >= 15 is 0 Å². The Hall–Kier alpha value is -6.24. The van der Waals surface area contributed by atoms with Crippen molar-refractivity contribution in [2.75, 3.05) is 4.90 Å². The van der Waals surface area contributed by atoms with Gasteiger partial charge in [-0.25, -0.2) is 9.97 Å². The third-order valence-corrected chi connectivity index (χ3v) is 10.1. The van der Waals surface area contributed by atoms with Gasteiger partial charge in [-0.2, -0.15) is 0 Å². The summed E-state index contributed by atoms with van der Waals surface area (Å²) >= 11 is 1.67. The summed E-state index contributed by atoms with van der Waals surface area (Å²) in [7, 11) is 0. The van der Waals surface area contributed by atoms with Crippen molar-refractivity contribution in [3.05, 3.63) is 158 Å². The number of nitrogens with zero attached hydrogens (tertiary/aromatic N) is 4. The number of benzene rings is 6. The van der Waals surface area contributed by atoms with E-state index in [0.717, 1.165) is 66.3 Å². The Bertz CT molecular complexity index is 2560. The number of pyridine rings is 1. The molecule has 0 bridgehead atoms. The number of para-hydroxylation sites is 6. The second-order valence-corrected chi connectivity index (χ2v) is 12.9. The van der Waals surface area contributed by atoms with Crippen LogP contribution in [0.15, 0.2) is 158 Å². The summed E-state index contributed by atoms with van der Waals surface area (Å²) in [4.78, 5) is 11.9. The van der Waals surface area contributed by atoms with Gasteiger partial charge in [-0.15, -0.1) is 11.3 Å². The number of anilines is 3. The van der Waals surface area contributed by atoms with E-state index in [1.807, 2.05) is 42.6 Å². The average molecular weight is 635 g/mol. The molecule has 4 heterocycles. The number of aromatic nitrogens is 3. The van der Waals surface area contributed by atoms with Crippen LogP contribution in [0.1, 0.15) is 0 Å². The average Bonchev–Trinajstić information content (AvgIpc) is 3.73. The molecule has 5 nitrogen and oxygen atoms in total. The van der Waals surface area contributed by atoms with Crippen molar-refractivity contribution in [2.45, 2.75) is 0 Å². The molecule has 1 aliphatic heterocycles. The highest BCUT2D eigenvalue weighted by molar-refractivity contribution is 7.21. The quantitative estimate of drug-likeness (QED) is 0.193. The zero-order chi connectivity index (χ0) is 31.6. The zero-order valence-corrected chi connectivity index (χ0v) is 26.4. The molecule has 1 aliphatic rings. The predicted octanol–water partition coefficient (Wildman–Crippen LogP) is 11.7. The standard InChI is InChI=1S/C42H26N4OS/c1-3-11-34-32(9-1)33-10-2-4-12-35(33)45(34)30-21-17-27(18-22-30)29-25-40-41(43-26-29)44-42(48-40)28-19-23-31(24-20-28)46-36-13-5-7-15-38(36)47-39-16-8-6-14-37(39)46/h1-26H. The van der Waals surface area contributed by atoms with E-state index in [9.17, 15) is 0 Å². The minimum absolute atomic E-state index is 0.765. The third-order valence-electron chi connectivity index (χ3n) is 9.09. The number of fused-ring (bicyclic) bond motifs is 6. The molecule has 6 aromatic carbocycles. The minimum atomic E-state index is 0.765. The highest BCUT2D eigenvalue weighted by Gasteiger charge is 2.25. The van der Waals surface area contributed by atoms with E-state index < -0.39 is 0 Å². The third kappa shape index (κ3) is 4.24. The Morgan fingerprint density at radius 3 is 1.75 bits per heavy atom. The van der Waals surface area contributed by atoms with Gasteiger partial charge in [0.15, 0.2) is 17.1 Å². The lowest BCUT2D eigenvalue weighted by Crippen LogP contribution is -2.15. The molecule has 0 atom stereocenters. The molecule has 6 heteroatoms. The van der Waals surface area contributed by atoms with Crippen LogP contribution in [-0.2, 0) is 0 Å². The normalized spacial score (nSPS) is 12.3. The number of rotatable bonds is 4.